The Balaban J connectivity index is 1.58. The van der Waals surface area contributed by atoms with E-state index in [-0.39, 0.29) is 6.54 Å². The molecule has 0 bridgehead atoms. The van der Waals surface area contributed by atoms with Crippen LogP contribution in [0.4, 0.5) is 5.82 Å². The van der Waals surface area contributed by atoms with Crippen LogP contribution in [0, 0.1) is 0 Å². The van der Waals surface area contributed by atoms with Crippen molar-refractivity contribution >= 4 is 11.8 Å². The quantitative estimate of drug-likeness (QED) is 0.385. The lowest BCUT2D eigenvalue weighted by atomic mass is 10.0. The van der Waals surface area contributed by atoms with Gasteiger partial charge in [0, 0.05) is 24.7 Å². The van der Waals surface area contributed by atoms with Gasteiger partial charge >= 0.3 is 5.97 Å². The Morgan fingerprint density at radius 1 is 0.941 bits per heavy atom. The van der Waals surface area contributed by atoms with Gasteiger partial charge in [0.15, 0.2) is 6.61 Å². The fraction of sp³-hybridized carbons (Fsp3) is 0.148. The highest BCUT2D eigenvalue weighted by Gasteiger charge is 2.17. The number of carbonyl (C=O) groups is 1. The van der Waals surface area contributed by atoms with Crippen LogP contribution in [-0.2, 0) is 4.79 Å². The molecule has 0 spiro atoms. The van der Waals surface area contributed by atoms with Crippen LogP contribution >= 0.6 is 0 Å². The molecule has 34 heavy (non-hydrogen) atoms. The zero-order chi connectivity index (χ0) is 23.9. The third-order valence-corrected chi connectivity index (χ3v) is 5.30. The summed E-state index contributed by atoms with van der Waals surface area (Å²) in [7, 11) is 1.84. The molecule has 172 valence electrons. The van der Waals surface area contributed by atoms with Gasteiger partial charge in [0.1, 0.15) is 11.6 Å². The summed E-state index contributed by atoms with van der Waals surface area (Å²) < 4.78 is 5.22. The number of hydrogen-bond acceptors (Lipinski definition) is 6. The van der Waals surface area contributed by atoms with Gasteiger partial charge in [-0.1, -0.05) is 72.8 Å². The number of carboxylic acid groups (broad SMARTS) is 1. The van der Waals surface area contributed by atoms with Crippen LogP contribution in [0.25, 0.3) is 22.5 Å². The van der Waals surface area contributed by atoms with Gasteiger partial charge in [0.25, 0.3) is 0 Å². The summed E-state index contributed by atoms with van der Waals surface area (Å²) >= 11 is 0. The normalized spacial score (nSPS) is 11.6. The molecule has 1 heterocycles. The molecule has 7 heteroatoms. The zero-order valence-electron chi connectivity index (χ0n) is 18.7. The van der Waals surface area contributed by atoms with Crippen LogP contribution in [0.1, 0.15) is 11.7 Å². The van der Waals surface area contributed by atoms with Crippen LogP contribution in [0.5, 0.6) is 5.75 Å². The van der Waals surface area contributed by atoms with Crippen LogP contribution < -0.4 is 9.64 Å². The van der Waals surface area contributed by atoms with Crippen molar-refractivity contribution in [3.05, 3.63) is 96.7 Å². The minimum absolute atomic E-state index is 0.260. The summed E-state index contributed by atoms with van der Waals surface area (Å²) in [5.41, 5.74) is 4.09. The van der Waals surface area contributed by atoms with Crippen molar-refractivity contribution in [1.29, 1.82) is 0 Å². The third-order valence-electron chi connectivity index (χ3n) is 5.30. The fourth-order valence-electron chi connectivity index (χ4n) is 3.58. The SMILES string of the molecule is CN(C[C@H](O)c1cccc(OCC(=O)O)c1)c1cnc(-c2ccccc2)c(-c2ccccc2)n1. The zero-order valence-corrected chi connectivity index (χ0v) is 18.7. The molecule has 0 saturated heterocycles. The van der Waals surface area contributed by atoms with E-state index < -0.39 is 18.7 Å². The van der Waals surface area contributed by atoms with Crippen molar-refractivity contribution in [3.8, 4) is 28.3 Å². The molecule has 0 amide bonds. The number of aliphatic hydroxyl groups is 1. The first-order chi connectivity index (χ1) is 16.5. The molecule has 4 aromatic rings. The summed E-state index contributed by atoms with van der Waals surface area (Å²) in [6.07, 6.45) is 0.864. The van der Waals surface area contributed by atoms with E-state index in [1.54, 1.807) is 30.5 Å². The van der Waals surface area contributed by atoms with Crippen LogP contribution in [0.2, 0.25) is 0 Å². The average molecular weight is 456 g/mol. The Morgan fingerprint density at radius 2 is 1.59 bits per heavy atom. The van der Waals surface area contributed by atoms with Crippen molar-refractivity contribution in [3.63, 3.8) is 0 Å². The molecule has 0 fully saturated rings. The van der Waals surface area contributed by atoms with Crippen molar-refractivity contribution in [2.75, 3.05) is 25.1 Å². The Kier molecular flexibility index (Phi) is 7.15. The van der Waals surface area contributed by atoms with Gasteiger partial charge in [-0.15, -0.1) is 0 Å². The van der Waals surface area contributed by atoms with E-state index in [0.29, 0.717) is 17.1 Å². The first kappa shape index (κ1) is 22.9. The van der Waals surface area contributed by atoms with E-state index in [2.05, 4.69) is 0 Å². The standard InChI is InChI=1S/C27H25N3O4/c1-30(17-23(31)21-13-8-14-22(15-21)34-18-25(32)33)24-16-28-26(19-9-4-2-5-10-19)27(29-24)20-11-6-3-7-12-20/h2-16,23,31H,17-18H2,1H3,(H,32,33)/t23-/m0/s1. The number of anilines is 1. The van der Waals surface area contributed by atoms with Gasteiger partial charge < -0.3 is 19.8 Å². The molecule has 1 atom stereocenters. The number of aliphatic hydroxyl groups excluding tert-OH is 1. The molecule has 0 aliphatic carbocycles. The van der Waals surface area contributed by atoms with E-state index in [4.69, 9.17) is 19.8 Å². The van der Waals surface area contributed by atoms with E-state index in [1.165, 1.54) is 0 Å². The van der Waals surface area contributed by atoms with Gasteiger partial charge in [-0.25, -0.2) is 9.78 Å². The van der Waals surface area contributed by atoms with Crippen LogP contribution in [-0.4, -0.2) is 46.3 Å². The molecular formula is C27H25N3O4. The maximum absolute atomic E-state index is 10.8. The topological polar surface area (TPSA) is 95.8 Å². The molecule has 0 saturated carbocycles. The molecule has 0 aliphatic heterocycles. The Morgan fingerprint density at radius 3 is 2.24 bits per heavy atom. The number of nitrogens with zero attached hydrogens (tertiary/aromatic N) is 3. The number of hydrogen-bond donors (Lipinski definition) is 2. The summed E-state index contributed by atoms with van der Waals surface area (Å²) in [5, 5.41) is 19.6. The summed E-state index contributed by atoms with van der Waals surface area (Å²) in [6.45, 7) is -0.180. The van der Waals surface area contributed by atoms with Crippen molar-refractivity contribution in [2.24, 2.45) is 0 Å². The molecule has 0 unspecified atom stereocenters. The molecule has 7 nitrogen and oxygen atoms in total. The molecule has 0 aliphatic rings. The maximum atomic E-state index is 10.8. The lowest BCUT2D eigenvalue weighted by molar-refractivity contribution is -0.139. The van der Waals surface area contributed by atoms with Gasteiger partial charge in [0.05, 0.1) is 23.7 Å². The number of likely N-dealkylation sites (N-methyl/N-ethyl adjacent to an activating group) is 1. The number of aliphatic carboxylic acids is 1. The van der Waals surface area contributed by atoms with Gasteiger partial charge in [0.2, 0.25) is 0 Å². The number of carboxylic acids is 1. The van der Waals surface area contributed by atoms with E-state index >= 15 is 0 Å². The third kappa shape index (κ3) is 5.57. The minimum Gasteiger partial charge on any atom is -0.482 e. The lowest BCUT2D eigenvalue weighted by Gasteiger charge is -2.23. The molecule has 4 rings (SSSR count). The minimum atomic E-state index is -1.06. The highest BCUT2D eigenvalue weighted by Crippen LogP contribution is 2.30. The summed E-state index contributed by atoms with van der Waals surface area (Å²) in [6, 6.07) is 26.6. The fourth-order valence-corrected chi connectivity index (χ4v) is 3.58. The summed E-state index contributed by atoms with van der Waals surface area (Å²) in [4.78, 5) is 22.2. The van der Waals surface area contributed by atoms with Gasteiger partial charge in [-0.05, 0) is 17.7 Å². The number of aromatic nitrogens is 2. The first-order valence-electron chi connectivity index (χ1n) is 10.8. The highest BCUT2D eigenvalue weighted by atomic mass is 16.5. The smallest absolute Gasteiger partial charge is 0.341 e. The number of ether oxygens (including phenoxy) is 1. The van der Waals surface area contributed by atoms with E-state index in [0.717, 1.165) is 22.5 Å². The Labute approximate surface area is 197 Å². The van der Waals surface area contributed by atoms with Crippen LogP contribution in [0.15, 0.2) is 91.1 Å². The molecule has 3 aromatic carbocycles. The molecule has 1 aromatic heterocycles. The van der Waals surface area contributed by atoms with E-state index in [1.807, 2.05) is 72.6 Å². The number of benzene rings is 3. The second-order valence-electron chi connectivity index (χ2n) is 7.81. The second-order valence-corrected chi connectivity index (χ2v) is 7.81. The van der Waals surface area contributed by atoms with Gasteiger partial charge in [-0.2, -0.15) is 0 Å². The summed E-state index contributed by atoms with van der Waals surface area (Å²) in [5.74, 6) is -0.0479. The maximum Gasteiger partial charge on any atom is 0.341 e. The van der Waals surface area contributed by atoms with E-state index in [9.17, 15) is 9.90 Å². The molecule has 0 radical (unpaired) electrons. The Hall–Kier alpha value is -4.23. The largest absolute Gasteiger partial charge is 0.482 e. The van der Waals surface area contributed by atoms with Crippen molar-refractivity contribution in [1.82, 2.24) is 9.97 Å². The second kappa shape index (κ2) is 10.6. The first-order valence-corrected chi connectivity index (χ1v) is 10.8. The molecule has 2 N–H and O–H groups in total. The van der Waals surface area contributed by atoms with Crippen molar-refractivity contribution in [2.45, 2.75) is 6.10 Å². The van der Waals surface area contributed by atoms with Gasteiger partial charge in [-0.3, -0.25) is 4.98 Å². The van der Waals surface area contributed by atoms with Crippen LogP contribution in [0.3, 0.4) is 0 Å². The number of rotatable bonds is 9. The predicted octanol–water partition coefficient (Wildman–Crippen LogP) is 4.44. The monoisotopic (exact) mass is 455 g/mol. The predicted molar refractivity (Wildman–Crippen MR) is 131 cm³/mol. The highest BCUT2D eigenvalue weighted by molar-refractivity contribution is 5.78. The molecular weight excluding hydrogens is 430 g/mol. The van der Waals surface area contributed by atoms with Crippen molar-refractivity contribution < 1.29 is 19.7 Å². The average Bonchev–Trinajstić information content (AvgIpc) is 2.88. The lowest BCUT2D eigenvalue weighted by Crippen LogP contribution is -2.25. The Bertz CT molecular complexity index is 1250.